The van der Waals surface area contributed by atoms with E-state index in [0.717, 1.165) is 12.8 Å². The zero-order valence-electron chi connectivity index (χ0n) is 15.2. The molecule has 0 saturated heterocycles. The smallest absolute Gasteiger partial charge is 0.216 e. The van der Waals surface area contributed by atoms with E-state index in [9.17, 15) is 13.7 Å². The van der Waals surface area contributed by atoms with Gasteiger partial charge in [-0.2, -0.15) is 5.26 Å². The third kappa shape index (κ3) is 6.13. The van der Waals surface area contributed by atoms with Crippen molar-refractivity contribution in [1.82, 2.24) is 0 Å². The number of halogens is 1. The first-order chi connectivity index (χ1) is 13.0. The lowest BCUT2D eigenvalue weighted by atomic mass is 10.2. The summed E-state index contributed by atoms with van der Waals surface area (Å²) in [6.45, 7) is 2.77. The first kappa shape index (κ1) is 21.0. The van der Waals surface area contributed by atoms with Crippen molar-refractivity contribution in [3.05, 3.63) is 64.0 Å². The van der Waals surface area contributed by atoms with Gasteiger partial charge in [0.1, 0.15) is 16.7 Å². The Hall–Kier alpha value is -2.29. The van der Waals surface area contributed by atoms with Gasteiger partial charge in [-0.15, -0.1) is 0 Å². The summed E-state index contributed by atoms with van der Waals surface area (Å²) in [7, 11) is -3.91. The average molecular weight is 404 g/mol. The molecule has 2 rings (SSSR count). The summed E-state index contributed by atoms with van der Waals surface area (Å²) in [5.74, 6) is 0.654. The van der Waals surface area contributed by atoms with Gasteiger partial charge in [-0.1, -0.05) is 49.9 Å². The molecule has 0 radical (unpaired) electrons. The van der Waals surface area contributed by atoms with Crippen LogP contribution in [0.1, 0.15) is 38.2 Å². The molecule has 0 heterocycles. The van der Waals surface area contributed by atoms with Crippen LogP contribution in [-0.2, 0) is 9.84 Å². The molecule has 142 valence electrons. The Labute approximate surface area is 166 Å². The molecule has 2 aromatic carbocycles. The molecule has 0 N–H and O–H groups in total. The van der Waals surface area contributed by atoms with Gasteiger partial charge in [0.05, 0.1) is 11.5 Å². The number of sulfone groups is 1. The maximum Gasteiger partial charge on any atom is 0.216 e. The molecule has 0 aliphatic rings. The number of ether oxygens (including phenoxy) is 1. The van der Waals surface area contributed by atoms with Crippen LogP contribution in [0.4, 0.5) is 0 Å². The lowest BCUT2D eigenvalue weighted by Crippen LogP contribution is -2.03. The molecule has 0 saturated carbocycles. The number of hydrogen-bond acceptors (Lipinski definition) is 4. The normalized spacial score (nSPS) is 11.8. The summed E-state index contributed by atoms with van der Waals surface area (Å²) in [6.07, 6.45) is 5.80. The number of benzene rings is 2. The maximum absolute atomic E-state index is 12.7. The minimum Gasteiger partial charge on any atom is -0.494 e. The highest BCUT2D eigenvalue weighted by molar-refractivity contribution is 7.95. The number of hydrogen-bond donors (Lipinski definition) is 0. The molecular formula is C21H22ClNO3S. The van der Waals surface area contributed by atoms with E-state index >= 15 is 0 Å². The van der Waals surface area contributed by atoms with Crippen LogP contribution in [0.25, 0.3) is 6.08 Å². The number of allylic oxidation sites excluding steroid dienone is 1. The zero-order chi connectivity index (χ0) is 19.7. The summed E-state index contributed by atoms with van der Waals surface area (Å²) >= 11 is 5.80. The lowest BCUT2D eigenvalue weighted by molar-refractivity contribution is 0.305. The third-order valence-electron chi connectivity index (χ3n) is 3.95. The van der Waals surface area contributed by atoms with E-state index in [0.29, 0.717) is 22.9 Å². The second kappa shape index (κ2) is 10.1. The molecule has 6 heteroatoms. The molecule has 0 unspecified atom stereocenters. The predicted molar refractivity (Wildman–Crippen MR) is 108 cm³/mol. The van der Waals surface area contributed by atoms with Crippen LogP contribution < -0.4 is 4.74 Å². The molecule has 0 bridgehead atoms. The van der Waals surface area contributed by atoms with Gasteiger partial charge in [0.25, 0.3) is 0 Å². The van der Waals surface area contributed by atoms with E-state index in [2.05, 4.69) is 6.92 Å². The minimum atomic E-state index is -3.91. The van der Waals surface area contributed by atoms with Crippen LogP contribution in [0.15, 0.2) is 58.3 Å². The molecule has 0 aliphatic heterocycles. The highest BCUT2D eigenvalue weighted by atomic mass is 35.5. The molecule has 0 atom stereocenters. The Morgan fingerprint density at radius 2 is 1.89 bits per heavy atom. The molecule has 2 aromatic rings. The van der Waals surface area contributed by atoms with E-state index in [1.54, 1.807) is 24.3 Å². The third-order valence-corrected chi connectivity index (χ3v) is 5.88. The summed E-state index contributed by atoms with van der Waals surface area (Å²) in [5, 5.41) is 9.81. The average Bonchev–Trinajstić information content (AvgIpc) is 2.66. The number of rotatable bonds is 9. The minimum absolute atomic E-state index is 0.0306. The number of nitriles is 1. The topological polar surface area (TPSA) is 67.2 Å². The van der Waals surface area contributed by atoms with E-state index in [-0.39, 0.29) is 9.80 Å². The zero-order valence-corrected chi connectivity index (χ0v) is 16.8. The Bertz CT molecular complexity index is 929. The van der Waals surface area contributed by atoms with Crippen LogP contribution in [-0.4, -0.2) is 15.0 Å². The van der Waals surface area contributed by atoms with Gasteiger partial charge in [0, 0.05) is 5.02 Å². The van der Waals surface area contributed by atoms with Gasteiger partial charge in [-0.05, 0) is 54.5 Å². The van der Waals surface area contributed by atoms with Crippen LogP contribution >= 0.6 is 11.6 Å². The first-order valence-electron chi connectivity index (χ1n) is 8.82. The number of nitrogens with zero attached hydrogens (tertiary/aromatic N) is 1. The van der Waals surface area contributed by atoms with Crippen molar-refractivity contribution in [2.75, 3.05) is 6.61 Å². The van der Waals surface area contributed by atoms with E-state index in [4.69, 9.17) is 16.3 Å². The van der Waals surface area contributed by atoms with Crippen LogP contribution in [0.3, 0.4) is 0 Å². The molecule has 4 nitrogen and oxygen atoms in total. The molecular weight excluding hydrogens is 382 g/mol. The lowest BCUT2D eigenvalue weighted by Gasteiger charge is -2.07. The summed E-state index contributed by atoms with van der Waals surface area (Å²) in [4.78, 5) is -0.298. The van der Waals surface area contributed by atoms with Gasteiger partial charge >= 0.3 is 0 Å². The standard InChI is InChI=1S/C21H22ClNO3S/c1-2-3-4-5-13-26-19-8-6-7-17(14-19)15-21(16-23)27(24,25)20-11-9-18(22)10-12-20/h6-12,14-15H,2-5,13H2,1H3. The fourth-order valence-electron chi connectivity index (χ4n) is 2.48. The van der Waals surface area contributed by atoms with Gasteiger partial charge in [0.15, 0.2) is 0 Å². The molecule has 0 amide bonds. The summed E-state index contributed by atoms with van der Waals surface area (Å²) < 4.78 is 31.1. The van der Waals surface area contributed by atoms with E-state index in [1.165, 1.54) is 43.2 Å². The Morgan fingerprint density at radius 3 is 2.56 bits per heavy atom. The number of unbranched alkanes of at least 4 members (excludes halogenated alkanes) is 3. The van der Waals surface area contributed by atoms with Crippen molar-refractivity contribution in [3.63, 3.8) is 0 Å². The fraction of sp³-hybridized carbons (Fsp3) is 0.286. The molecule has 0 aromatic heterocycles. The molecule has 0 aliphatic carbocycles. The highest BCUT2D eigenvalue weighted by Crippen LogP contribution is 2.24. The van der Waals surface area contributed by atoms with Crippen LogP contribution in [0.5, 0.6) is 5.75 Å². The second-order valence-electron chi connectivity index (χ2n) is 6.06. The fourth-order valence-corrected chi connectivity index (χ4v) is 3.76. The van der Waals surface area contributed by atoms with Gasteiger partial charge in [-0.25, -0.2) is 8.42 Å². The first-order valence-corrected chi connectivity index (χ1v) is 10.7. The van der Waals surface area contributed by atoms with Crippen molar-refractivity contribution in [1.29, 1.82) is 5.26 Å². The van der Waals surface area contributed by atoms with Crippen molar-refractivity contribution in [3.8, 4) is 11.8 Å². The van der Waals surface area contributed by atoms with Crippen molar-refractivity contribution in [2.24, 2.45) is 0 Å². The SMILES string of the molecule is CCCCCCOc1cccc(C=C(C#N)S(=O)(=O)c2ccc(Cl)cc2)c1. The van der Waals surface area contributed by atoms with Crippen LogP contribution in [0, 0.1) is 11.3 Å². The largest absolute Gasteiger partial charge is 0.494 e. The Kier molecular flexibility index (Phi) is 7.90. The quantitative estimate of drug-likeness (QED) is 0.401. The van der Waals surface area contributed by atoms with Gasteiger partial charge < -0.3 is 4.74 Å². The predicted octanol–water partition coefficient (Wildman–Crippen LogP) is 5.64. The maximum atomic E-state index is 12.7. The molecule has 27 heavy (non-hydrogen) atoms. The summed E-state index contributed by atoms with van der Waals surface area (Å²) in [5.41, 5.74) is 0.593. The van der Waals surface area contributed by atoms with Crippen molar-refractivity contribution >= 4 is 27.5 Å². The summed E-state index contributed by atoms with van der Waals surface area (Å²) in [6, 6.07) is 14.6. The van der Waals surface area contributed by atoms with E-state index < -0.39 is 9.84 Å². The Balaban J connectivity index is 2.18. The van der Waals surface area contributed by atoms with Crippen molar-refractivity contribution < 1.29 is 13.2 Å². The van der Waals surface area contributed by atoms with E-state index in [1.807, 2.05) is 6.07 Å². The molecule has 0 fully saturated rings. The second-order valence-corrected chi connectivity index (χ2v) is 8.41. The van der Waals surface area contributed by atoms with Crippen LogP contribution in [0.2, 0.25) is 5.02 Å². The van der Waals surface area contributed by atoms with Gasteiger partial charge in [0.2, 0.25) is 9.84 Å². The van der Waals surface area contributed by atoms with Gasteiger partial charge in [-0.3, -0.25) is 0 Å². The monoisotopic (exact) mass is 403 g/mol. The Morgan fingerprint density at radius 1 is 1.15 bits per heavy atom. The molecule has 0 spiro atoms. The van der Waals surface area contributed by atoms with Crippen molar-refractivity contribution in [2.45, 2.75) is 37.5 Å². The highest BCUT2D eigenvalue weighted by Gasteiger charge is 2.20.